The van der Waals surface area contributed by atoms with Crippen molar-refractivity contribution in [2.45, 2.75) is 19.4 Å². The lowest BCUT2D eigenvalue weighted by Crippen LogP contribution is -2.22. The van der Waals surface area contributed by atoms with Gasteiger partial charge < -0.3 is 9.84 Å². The van der Waals surface area contributed by atoms with Crippen LogP contribution in [0.5, 0.6) is 0 Å². The predicted molar refractivity (Wildman–Crippen MR) is 40.8 cm³/mol. The first-order valence-corrected chi connectivity index (χ1v) is 3.63. The van der Waals surface area contributed by atoms with E-state index in [1.54, 1.807) is 6.92 Å². The number of hydrogen-bond donors (Lipinski definition) is 1. The number of ether oxygens (including phenoxy) is 1. The van der Waals surface area contributed by atoms with Gasteiger partial charge >= 0.3 is 5.97 Å². The third-order valence-electron chi connectivity index (χ3n) is 1.06. The smallest absolute Gasteiger partial charge is 0.305 e. The Hall–Kier alpha value is -0.260. The SMILES string of the molecule is CCC(=O)OCC(CO)O[S]. The Balaban J connectivity index is 3.42. The Morgan fingerprint density at radius 3 is 2.73 bits per heavy atom. The zero-order valence-corrected chi connectivity index (χ0v) is 7.10. The predicted octanol–water partition coefficient (Wildman–Crippen LogP) is 0.430. The Morgan fingerprint density at radius 2 is 2.36 bits per heavy atom. The van der Waals surface area contributed by atoms with Crippen LogP contribution in [0.25, 0.3) is 0 Å². The van der Waals surface area contributed by atoms with Crippen LogP contribution in [0.4, 0.5) is 0 Å². The van der Waals surface area contributed by atoms with Gasteiger partial charge in [-0.3, -0.25) is 8.98 Å². The van der Waals surface area contributed by atoms with Crippen LogP contribution < -0.4 is 0 Å². The third-order valence-corrected chi connectivity index (χ3v) is 1.33. The Labute approximate surface area is 71.1 Å². The van der Waals surface area contributed by atoms with E-state index in [0.717, 1.165) is 0 Å². The molecule has 0 aliphatic rings. The molecule has 0 amide bonds. The Bertz CT molecular complexity index is 113. The van der Waals surface area contributed by atoms with Crippen molar-refractivity contribution < 1.29 is 18.8 Å². The first-order valence-electron chi connectivity index (χ1n) is 3.29. The molecule has 0 aliphatic carbocycles. The van der Waals surface area contributed by atoms with Gasteiger partial charge in [0.25, 0.3) is 0 Å². The molecule has 0 aliphatic heterocycles. The van der Waals surface area contributed by atoms with Gasteiger partial charge in [0.15, 0.2) is 0 Å². The summed E-state index contributed by atoms with van der Waals surface area (Å²) in [5, 5.41) is 8.53. The fourth-order valence-electron chi connectivity index (χ4n) is 0.399. The van der Waals surface area contributed by atoms with E-state index in [9.17, 15) is 4.79 Å². The zero-order valence-electron chi connectivity index (χ0n) is 6.28. The van der Waals surface area contributed by atoms with Gasteiger partial charge in [-0.15, -0.1) is 0 Å². The second-order valence-corrected chi connectivity index (χ2v) is 2.13. The minimum Gasteiger partial charge on any atom is -0.463 e. The van der Waals surface area contributed by atoms with Crippen LogP contribution in [-0.4, -0.2) is 30.4 Å². The molecule has 1 radical (unpaired) electrons. The molecule has 0 bridgehead atoms. The van der Waals surface area contributed by atoms with Crippen LogP contribution >= 0.6 is 12.9 Å². The van der Waals surface area contributed by atoms with Crippen LogP contribution in [0.1, 0.15) is 13.3 Å². The summed E-state index contributed by atoms with van der Waals surface area (Å²) in [4.78, 5) is 10.6. The molecule has 0 aromatic rings. The molecule has 1 atom stereocenters. The summed E-state index contributed by atoms with van der Waals surface area (Å²) < 4.78 is 8.99. The number of esters is 1. The number of aliphatic hydroxyl groups is 1. The molecule has 0 spiro atoms. The van der Waals surface area contributed by atoms with Crippen molar-refractivity contribution in [1.82, 2.24) is 0 Å². The van der Waals surface area contributed by atoms with Crippen LogP contribution in [0.3, 0.4) is 0 Å². The van der Waals surface area contributed by atoms with Crippen molar-refractivity contribution in [3.8, 4) is 0 Å². The maximum absolute atomic E-state index is 10.6. The minimum atomic E-state index is -0.583. The summed E-state index contributed by atoms with van der Waals surface area (Å²) in [6.45, 7) is 1.47. The molecule has 11 heavy (non-hydrogen) atoms. The van der Waals surface area contributed by atoms with E-state index in [1.165, 1.54) is 0 Å². The summed E-state index contributed by atoms with van der Waals surface area (Å²) in [7, 11) is 0. The van der Waals surface area contributed by atoms with Crippen molar-refractivity contribution in [2.24, 2.45) is 0 Å². The summed E-state index contributed by atoms with van der Waals surface area (Å²) in [5.74, 6) is -0.324. The molecule has 0 fully saturated rings. The second-order valence-electron chi connectivity index (χ2n) is 1.94. The maximum atomic E-state index is 10.6. The van der Waals surface area contributed by atoms with Crippen molar-refractivity contribution in [1.29, 1.82) is 0 Å². The van der Waals surface area contributed by atoms with Gasteiger partial charge in [0, 0.05) is 6.42 Å². The van der Waals surface area contributed by atoms with Gasteiger partial charge in [0.2, 0.25) is 0 Å². The lowest BCUT2D eigenvalue weighted by Gasteiger charge is -2.09. The lowest BCUT2D eigenvalue weighted by atomic mass is 10.4. The summed E-state index contributed by atoms with van der Waals surface area (Å²) in [5.41, 5.74) is 0. The normalized spacial score (nSPS) is 12.6. The Kier molecular flexibility index (Phi) is 6.30. The van der Waals surface area contributed by atoms with Gasteiger partial charge in [-0.2, -0.15) is 0 Å². The van der Waals surface area contributed by atoms with Crippen LogP contribution in [0.2, 0.25) is 0 Å². The van der Waals surface area contributed by atoms with Gasteiger partial charge in [0.1, 0.15) is 12.7 Å². The summed E-state index contributed by atoms with van der Waals surface area (Å²) >= 11 is 4.21. The average Bonchev–Trinajstić information content (AvgIpc) is 2.06. The molecular weight excluding hydrogens is 168 g/mol. The minimum absolute atomic E-state index is 0.0205. The first-order chi connectivity index (χ1) is 5.24. The van der Waals surface area contributed by atoms with Crippen LogP contribution in [-0.2, 0) is 13.7 Å². The molecule has 0 heterocycles. The molecule has 4 nitrogen and oxygen atoms in total. The van der Waals surface area contributed by atoms with E-state index in [2.05, 4.69) is 21.8 Å². The zero-order chi connectivity index (χ0) is 8.69. The van der Waals surface area contributed by atoms with Gasteiger partial charge in [0.05, 0.1) is 19.5 Å². The maximum Gasteiger partial charge on any atom is 0.305 e. The number of carbonyl (C=O) groups excluding carboxylic acids is 1. The molecule has 0 rings (SSSR count). The average molecular weight is 179 g/mol. The number of carbonyl (C=O) groups is 1. The van der Waals surface area contributed by atoms with E-state index in [1.807, 2.05) is 0 Å². The number of rotatable bonds is 5. The summed E-state index contributed by atoms with van der Waals surface area (Å²) in [6.07, 6.45) is -0.268. The van der Waals surface area contributed by atoms with Gasteiger partial charge in [-0.25, -0.2) is 0 Å². The van der Waals surface area contributed by atoms with Crippen molar-refractivity contribution >= 4 is 18.9 Å². The monoisotopic (exact) mass is 179 g/mol. The lowest BCUT2D eigenvalue weighted by molar-refractivity contribution is -0.145. The van der Waals surface area contributed by atoms with E-state index in [0.29, 0.717) is 6.42 Å². The third kappa shape index (κ3) is 5.06. The van der Waals surface area contributed by atoms with Crippen molar-refractivity contribution in [2.75, 3.05) is 13.2 Å². The number of hydrogen-bond acceptors (Lipinski definition) is 4. The van der Waals surface area contributed by atoms with Crippen LogP contribution in [0.15, 0.2) is 0 Å². The quantitative estimate of drug-likeness (QED) is 0.622. The van der Waals surface area contributed by atoms with Crippen LogP contribution in [0, 0.1) is 0 Å². The molecule has 0 aromatic heterocycles. The fraction of sp³-hybridized carbons (Fsp3) is 0.833. The topological polar surface area (TPSA) is 55.8 Å². The highest BCUT2D eigenvalue weighted by Gasteiger charge is 2.08. The van der Waals surface area contributed by atoms with Crippen molar-refractivity contribution in [3.63, 3.8) is 0 Å². The molecule has 1 unspecified atom stereocenters. The van der Waals surface area contributed by atoms with Gasteiger partial charge in [-0.05, 0) is 0 Å². The van der Waals surface area contributed by atoms with E-state index in [-0.39, 0.29) is 19.2 Å². The molecule has 0 saturated carbocycles. The first kappa shape index (κ1) is 10.7. The van der Waals surface area contributed by atoms with Crippen molar-refractivity contribution in [3.05, 3.63) is 0 Å². The van der Waals surface area contributed by atoms with E-state index >= 15 is 0 Å². The molecule has 1 N–H and O–H groups in total. The standard InChI is InChI=1S/C6H11O4S/c1-2-6(8)9-4-5(3-7)10-11/h5,7H,2-4H2,1H3. The highest BCUT2D eigenvalue weighted by Crippen LogP contribution is 1.96. The molecule has 65 valence electrons. The molecule has 5 heteroatoms. The van der Waals surface area contributed by atoms with E-state index < -0.39 is 6.10 Å². The Morgan fingerprint density at radius 1 is 1.73 bits per heavy atom. The molecule has 0 saturated heterocycles. The highest BCUT2D eigenvalue weighted by atomic mass is 32.1. The second kappa shape index (κ2) is 6.45. The highest BCUT2D eigenvalue weighted by molar-refractivity contribution is 7.75. The fourth-order valence-corrected chi connectivity index (χ4v) is 0.515. The summed E-state index contributed by atoms with van der Waals surface area (Å²) in [6, 6.07) is 0. The number of aliphatic hydroxyl groups excluding tert-OH is 1. The van der Waals surface area contributed by atoms with Gasteiger partial charge in [-0.1, -0.05) is 6.92 Å². The van der Waals surface area contributed by atoms with E-state index in [4.69, 9.17) is 5.11 Å². The molecular formula is C6H11O4S. The largest absolute Gasteiger partial charge is 0.463 e. The molecule has 0 aromatic carbocycles.